The highest BCUT2D eigenvalue weighted by Gasteiger charge is 2.41. The highest BCUT2D eigenvalue weighted by Crippen LogP contribution is 2.22. The fourth-order valence-corrected chi connectivity index (χ4v) is 3.61. The molecular weight excluding hydrogens is 314 g/mol. The first-order valence-electron chi connectivity index (χ1n) is 8.92. The van der Waals surface area contributed by atoms with Crippen LogP contribution in [0.1, 0.15) is 30.4 Å². The molecule has 0 heterocycles. The van der Waals surface area contributed by atoms with Crippen molar-refractivity contribution >= 4 is 0 Å². The molecule has 0 unspecified atom stereocenters. The van der Waals surface area contributed by atoms with Gasteiger partial charge in [-0.2, -0.15) is 0 Å². The van der Waals surface area contributed by atoms with Crippen LogP contribution in [0.2, 0.25) is 0 Å². The van der Waals surface area contributed by atoms with Gasteiger partial charge in [-0.1, -0.05) is 60.7 Å². The van der Waals surface area contributed by atoms with E-state index in [1.54, 1.807) is 0 Å². The van der Waals surface area contributed by atoms with Gasteiger partial charge in [0.05, 0.1) is 12.1 Å². The van der Waals surface area contributed by atoms with Crippen LogP contribution in [-0.4, -0.2) is 23.0 Å². The standard InChI is InChI=1S/C20H25N3O2/c24-23(25)20-18(21-14-16-8-3-1-4-9-16)12-7-13-19(20)22-15-17-10-5-2-6-11-17/h1-6,8-11,18-22H,7,12-15H2/t18-,19+,20+. The summed E-state index contributed by atoms with van der Waals surface area (Å²) in [4.78, 5) is 11.6. The van der Waals surface area contributed by atoms with Crippen LogP contribution in [0.3, 0.4) is 0 Å². The molecule has 0 amide bonds. The topological polar surface area (TPSA) is 67.2 Å². The molecule has 1 fully saturated rings. The third kappa shape index (κ3) is 4.87. The monoisotopic (exact) mass is 339 g/mol. The minimum Gasteiger partial charge on any atom is -0.304 e. The molecule has 1 aliphatic rings. The molecule has 0 aromatic heterocycles. The van der Waals surface area contributed by atoms with Gasteiger partial charge >= 0.3 is 0 Å². The summed E-state index contributed by atoms with van der Waals surface area (Å²) >= 11 is 0. The van der Waals surface area contributed by atoms with E-state index in [9.17, 15) is 10.1 Å². The Kier molecular flexibility index (Phi) is 6.14. The van der Waals surface area contributed by atoms with Crippen LogP contribution in [0.5, 0.6) is 0 Å². The predicted molar refractivity (Wildman–Crippen MR) is 98.8 cm³/mol. The van der Waals surface area contributed by atoms with E-state index in [-0.39, 0.29) is 17.0 Å². The van der Waals surface area contributed by atoms with Gasteiger partial charge in [0.25, 0.3) is 0 Å². The molecule has 1 aliphatic carbocycles. The minimum absolute atomic E-state index is 0.0998. The summed E-state index contributed by atoms with van der Waals surface area (Å²) in [5, 5.41) is 18.6. The van der Waals surface area contributed by atoms with E-state index >= 15 is 0 Å². The van der Waals surface area contributed by atoms with Crippen molar-refractivity contribution in [2.75, 3.05) is 0 Å². The molecule has 0 spiro atoms. The van der Waals surface area contributed by atoms with Gasteiger partial charge in [-0.05, 0) is 30.4 Å². The SMILES string of the molecule is O=[N+]([O-])[C@@H]1[C@@H](NCc2ccccc2)CCC[C@H]1NCc1ccccc1. The van der Waals surface area contributed by atoms with Gasteiger partial charge in [-0.15, -0.1) is 0 Å². The van der Waals surface area contributed by atoms with Crippen molar-refractivity contribution in [2.45, 2.75) is 50.5 Å². The first-order chi connectivity index (χ1) is 12.2. The van der Waals surface area contributed by atoms with Gasteiger partial charge < -0.3 is 10.6 Å². The summed E-state index contributed by atoms with van der Waals surface area (Å²) < 4.78 is 0. The molecule has 0 radical (unpaired) electrons. The number of benzene rings is 2. The zero-order valence-corrected chi connectivity index (χ0v) is 14.3. The molecule has 5 heteroatoms. The molecule has 3 rings (SSSR count). The molecule has 5 nitrogen and oxygen atoms in total. The van der Waals surface area contributed by atoms with E-state index in [1.807, 2.05) is 60.7 Å². The van der Waals surface area contributed by atoms with Crippen molar-refractivity contribution in [3.8, 4) is 0 Å². The molecule has 132 valence electrons. The van der Waals surface area contributed by atoms with E-state index < -0.39 is 6.04 Å². The van der Waals surface area contributed by atoms with Crippen molar-refractivity contribution in [3.05, 3.63) is 81.9 Å². The van der Waals surface area contributed by atoms with Crippen LogP contribution in [0.25, 0.3) is 0 Å². The molecule has 0 bridgehead atoms. The summed E-state index contributed by atoms with van der Waals surface area (Å²) in [5.74, 6) is 0. The normalized spacial score (nSPS) is 23.3. The Morgan fingerprint density at radius 3 is 1.68 bits per heavy atom. The first-order valence-corrected chi connectivity index (χ1v) is 8.92. The molecular formula is C20H25N3O2. The third-order valence-electron chi connectivity index (χ3n) is 4.92. The number of nitro groups is 1. The van der Waals surface area contributed by atoms with Crippen molar-refractivity contribution in [2.24, 2.45) is 0 Å². The zero-order valence-electron chi connectivity index (χ0n) is 14.3. The molecule has 1 saturated carbocycles. The maximum absolute atomic E-state index is 11.7. The highest BCUT2D eigenvalue weighted by atomic mass is 16.6. The van der Waals surface area contributed by atoms with Crippen molar-refractivity contribution in [3.63, 3.8) is 0 Å². The minimum atomic E-state index is -0.596. The fraction of sp³-hybridized carbons (Fsp3) is 0.400. The molecule has 0 aliphatic heterocycles. The Morgan fingerprint density at radius 1 is 0.840 bits per heavy atom. The second kappa shape index (κ2) is 8.74. The van der Waals surface area contributed by atoms with E-state index in [0.29, 0.717) is 13.1 Å². The van der Waals surface area contributed by atoms with Gasteiger partial charge in [-0.3, -0.25) is 10.1 Å². The first kappa shape index (κ1) is 17.6. The summed E-state index contributed by atoms with van der Waals surface area (Å²) in [6.45, 7) is 1.34. The van der Waals surface area contributed by atoms with Gasteiger partial charge in [0.1, 0.15) is 0 Å². The number of hydrogen-bond donors (Lipinski definition) is 2. The maximum Gasteiger partial charge on any atom is 0.243 e. The summed E-state index contributed by atoms with van der Waals surface area (Å²) in [6.07, 6.45) is 2.70. The average molecular weight is 339 g/mol. The summed E-state index contributed by atoms with van der Waals surface area (Å²) in [6, 6.07) is 19.3. The quantitative estimate of drug-likeness (QED) is 0.601. The molecule has 3 atom stereocenters. The lowest BCUT2D eigenvalue weighted by Crippen LogP contribution is -2.57. The molecule has 2 aromatic carbocycles. The van der Waals surface area contributed by atoms with Crippen LogP contribution in [0, 0.1) is 10.1 Å². The fourth-order valence-electron chi connectivity index (χ4n) is 3.61. The number of nitrogens with one attached hydrogen (secondary N) is 2. The second-order valence-corrected chi connectivity index (χ2v) is 6.65. The lowest BCUT2D eigenvalue weighted by Gasteiger charge is -2.33. The Morgan fingerprint density at radius 2 is 1.28 bits per heavy atom. The van der Waals surface area contributed by atoms with Gasteiger partial charge in [0.2, 0.25) is 6.04 Å². The van der Waals surface area contributed by atoms with Crippen LogP contribution in [0.15, 0.2) is 60.7 Å². The second-order valence-electron chi connectivity index (χ2n) is 6.65. The lowest BCUT2D eigenvalue weighted by molar-refractivity contribution is -0.534. The smallest absolute Gasteiger partial charge is 0.243 e. The number of rotatable bonds is 7. The summed E-state index contributed by atoms with van der Waals surface area (Å²) in [7, 11) is 0. The predicted octanol–water partition coefficient (Wildman–Crippen LogP) is 3.13. The van der Waals surface area contributed by atoms with Crippen LogP contribution >= 0.6 is 0 Å². The number of nitrogens with zero attached hydrogens (tertiary/aromatic N) is 1. The van der Waals surface area contributed by atoms with Crippen LogP contribution in [0.4, 0.5) is 0 Å². The van der Waals surface area contributed by atoms with Gasteiger partial charge in [-0.25, -0.2) is 0 Å². The average Bonchev–Trinajstić information content (AvgIpc) is 2.66. The number of hydrogen-bond acceptors (Lipinski definition) is 4. The largest absolute Gasteiger partial charge is 0.304 e. The third-order valence-corrected chi connectivity index (χ3v) is 4.92. The van der Waals surface area contributed by atoms with Gasteiger partial charge in [0.15, 0.2) is 0 Å². The summed E-state index contributed by atoms with van der Waals surface area (Å²) in [5.41, 5.74) is 2.31. The van der Waals surface area contributed by atoms with Crippen LogP contribution in [-0.2, 0) is 13.1 Å². The Balaban J connectivity index is 1.61. The molecule has 25 heavy (non-hydrogen) atoms. The molecule has 2 N–H and O–H groups in total. The van der Waals surface area contributed by atoms with Crippen LogP contribution < -0.4 is 10.6 Å². The van der Waals surface area contributed by atoms with E-state index in [1.165, 1.54) is 0 Å². The Bertz CT molecular complexity index is 612. The maximum atomic E-state index is 11.7. The van der Waals surface area contributed by atoms with Crippen molar-refractivity contribution < 1.29 is 4.92 Å². The lowest BCUT2D eigenvalue weighted by atomic mass is 9.86. The highest BCUT2D eigenvalue weighted by molar-refractivity contribution is 5.15. The Hall–Kier alpha value is -2.24. The molecule has 0 saturated heterocycles. The van der Waals surface area contributed by atoms with E-state index in [0.717, 1.165) is 30.4 Å². The Labute approximate surface area is 148 Å². The van der Waals surface area contributed by atoms with Crippen molar-refractivity contribution in [1.82, 2.24) is 10.6 Å². The zero-order chi connectivity index (χ0) is 17.5. The van der Waals surface area contributed by atoms with Crippen molar-refractivity contribution in [1.29, 1.82) is 0 Å². The van der Waals surface area contributed by atoms with E-state index in [4.69, 9.17) is 0 Å². The van der Waals surface area contributed by atoms with E-state index in [2.05, 4.69) is 10.6 Å². The molecule has 2 aromatic rings. The van der Waals surface area contributed by atoms with Gasteiger partial charge in [0, 0.05) is 18.0 Å².